The number of nitriles is 1. The summed E-state index contributed by atoms with van der Waals surface area (Å²) in [4.78, 5) is 31.7. The fourth-order valence-corrected chi connectivity index (χ4v) is 3.84. The van der Waals surface area contributed by atoms with Crippen LogP contribution in [0.5, 0.6) is 5.75 Å². The maximum absolute atomic E-state index is 12.7. The normalized spacial score (nSPS) is 13.6. The number of aromatic nitrogens is 1. The number of nitrogens with zero attached hydrogens (tertiary/aromatic N) is 3. The molecule has 0 unspecified atom stereocenters. The van der Waals surface area contributed by atoms with Gasteiger partial charge in [0.1, 0.15) is 17.6 Å². The first kappa shape index (κ1) is 22.8. The Morgan fingerprint density at radius 2 is 1.62 bits per heavy atom. The van der Waals surface area contributed by atoms with E-state index in [1.807, 2.05) is 6.07 Å². The molecule has 8 nitrogen and oxygen atoms in total. The smallest absolute Gasteiger partial charge is 0.255 e. The fraction of sp³-hybridized carbons (Fsp3) is 0.231. The highest BCUT2D eigenvalue weighted by atomic mass is 16.5. The lowest BCUT2D eigenvalue weighted by molar-refractivity contribution is -0.120. The van der Waals surface area contributed by atoms with Gasteiger partial charge in [0.2, 0.25) is 5.91 Å². The van der Waals surface area contributed by atoms with E-state index in [-0.39, 0.29) is 17.7 Å². The zero-order valence-corrected chi connectivity index (χ0v) is 18.8. The second-order valence-corrected chi connectivity index (χ2v) is 8.03. The molecule has 0 atom stereocenters. The van der Waals surface area contributed by atoms with Crippen molar-refractivity contribution in [2.45, 2.75) is 12.8 Å². The molecule has 34 heavy (non-hydrogen) atoms. The van der Waals surface area contributed by atoms with Crippen molar-refractivity contribution in [3.05, 3.63) is 78.0 Å². The van der Waals surface area contributed by atoms with Crippen LogP contribution in [0.4, 0.5) is 17.2 Å². The number of piperidine rings is 1. The second kappa shape index (κ2) is 10.5. The predicted octanol–water partition coefficient (Wildman–Crippen LogP) is 4.07. The van der Waals surface area contributed by atoms with Crippen molar-refractivity contribution in [3.63, 3.8) is 0 Å². The molecule has 0 radical (unpaired) electrons. The number of methoxy groups -OCH3 is 1. The minimum absolute atomic E-state index is 0.0251. The van der Waals surface area contributed by atoms with Gasteiger partial charge in [0.15, 0.2) is 0 Å². The van der Waals surface area contributed by atoms with E-state index in [4.69, 9.17) is 10.00 Å². The Bertz CT molecular complexity index is 1180. The summed E-state index contributed by atoms with van der Waals surface area (Å²) in [5, 5.41) is 14.7. The highest BCUT2D eigenvalue weighted by Gasteiger charge is 2.25. The van der Waals surface area contributed by atoms with Crippen molar-refractivity contribution in [1.82, 2.24) is 4.98 Å². The molecule has 8 heteroatoms. The molecule has 1 aliphatic heterocycles. The molecule has 0 bridgehead atoms. The molecule has 2 heterocycles. The minimum atomic E-state index is -0.230. The van der Waals surface area contributed by atoms with Crippen LogP contribution in [0.25, 0.3) is 0 Å². The molecule has 2 N–H and O–H groups in total. The van der Waals surface area contributed by atoms with Crippen molar-refractivity contribution < 1.29 is 14.3 Å². The van der Waals surface area contributed by atoms with E-state index >= 15 is 0 Å². The van der Waals surface area contributed by atoms with E-state index in [1.165, 1.54) is 0 Å². The third-order valence-corrected chi connectivity index (χ3v) is 5.83. The summed E-state index contributed by atoms with van der Waals surface area (Å²) >= 11 is 0. The average molecular weight is 456 g/mol. The molecule has 0 spiro atoms. The number of pyridine rings is 1. The second-order valence-electron chi connectivity index (χ2n) is 8.03. The molecule has 1 aliphatic rings. The fourth-order valence-electron chi connectivity index (χ4n) is 3.84. The van der Waals surface area contributed by atoms with E-state index in [0.717, 1.165) is 37.5 Å². The number of hydrogen-bond acceptors (Lipinski definition) is 6. The number of hydrogen-bond donors (Lipinski definition) is 2. The molecule has 2 amide bonds. The zero-order chi connectivity index (χ0) is 23.9. The monoisotopic (exact) mass is 455 g/mol. The Morgan fingerprint density at radius 1 is 0.971 bits per heavy atom. The molecule has 2 aromatic carbocycles. The van der Waals surface area contributed by atoms with Gasteiger partial charge in [0.05, 0.1) is 12.7 Å². The van der Waals surface area contributed by atoms with E-state index in [0.29, 0.717) is 22.5 Å². The van der Waals surface area contributed by atoms with Crippen LogP contribution >= 0.6 is 0 Å². The molecule has 1 fully saturated rings. The summed E-state index contributed by atoms with van der Waals surface area (Å²) < 4.78 is 5.12. The van der Waals surface area contributed by atoms with Crippen LogP contribution in [-0.2, 0) is 4.79 Å². The number of anilines is 3. The summed E-state index contributed by atoms with van der Waals surface area (Å²) in [6, 6.07) is 19.6. The number of ether oxygens (including phenoxy) is 1. The van der Waals surface area contributed by atoms with E-state index in [2.05, 4.69) is 26.6 Å². The zero-order valence-electron chi connectivity index (χ0n) is 18.8. The molecular formula is C26H25N5O3. The van der Waals surface area contributed by atoms with Crippen LogP contribution in [0.1, 0.15) is 28.8 Å². The van der Waals surface area contributed by atoms with Gasteiger partial charge in [-0.1, -0.05) is 0 Å². The summed E-state index contributed by atoms with van der Waals surface area (Å²) in [5.41, 5.74) is 2.35. The van der Waals surface area contributed by atoms with Crippen molar-refractivity contribution in [3.8, 4) is 11.8 Å². The van der Waals surface area contributed by atoms with E-state index in [9.17, 15) is 9.59 Å². The first-order chi connectivity index (χ1) is 16.6. The van der Waals surface area contributed by atoms with Crippen LogP contribution in [-0.4, -0.2) is 37.0 Å². The lowest BCUT2D eigenvalue weighted by Crippen LogP contribution is -2.38. The Morgan fingerprint density at radius 3 is 2.21 bits per heavy atom. The first-order valence-corrected chi connectivity index (χ1v) is 11.0. The van der Waals surface area contributed by atoms with Gasteiger partial charge in [-0.2, -0.15) is 5.26 Å². The minimum Gasteiger partial charge on any atom is -0.497 e. The Hall–Kier alpha value is -4.38. The molecule has 3 aromatic rings. The third-order valence-electron chi connectivity index (χ3n) is 5.83. The van der Waals surface area contributed by atoms with Gasteiger partial charge in [-0.3, -0.25) is 9.59 Å². The van der Waals surface area contributed by atoms with Gasteiger partial charge in [-0.05, 0) is 73.5 Å². The highest BCUT2D eigenvalue weighted by molar-refractivity contribution is 6.04. The van der Waals surface area contributed by atoms with Crippen molar-refractivity contribution in [2.24, 2.45) is 5.92 Å². The van der Waals surface area contributed by atoms with Gasteiger partial charge in [-0.25, -0.2) is 4.98 Å². The van der Waals surface area contributed by atoms with Crippen LogP contribution < -0.4 is 20.3 Å². The molecule has 172 valence electrons. The summed E-state index contributed by atoms with van der Waals surface area (Å²) in [5.74, 6) is 1.19. The Balaban J connectivity index is 1.28. The van der Waals surface area contributed by atoms with Crippen LogP contribution in [0.3, 0.4) is 0 Å². The van der Waals surface area contributed by atoms with Crippen molar-refractivity contribution in [1.29, 1.82) is 5.26 Å². The standard InChI is InChI=1S/C26H25N5O3/c1-34-23-9-7-22(8-10-23)30-25(32)19-3-5-21(6-4-19)29-26(33)20-12-14-31(15-13-20)24-11-2-18(16-27)17-28-24/h2-11,17,20H,12-15H2,1H3,(H,29,33)(H,30,32). The Kier molecular flexibility index (Phi) is 7.04. The third kappa shape index (κ3) is 5.51. The summed E-state index contributed by atoms with van der Waals surface area (Å²) in [7, 11) is 1.59. The lowest BCUT2D eigenvalue weighted by atomic mass is 9.95. The molecule has 0 aliphatic carbocycles. The van der Waals surface area contributed by atoms with Crippen LogP contribution in [0, 0.1) is 17.2 Å². The van der Waals surface area contributed by atoms with Crippen molar-refractivity contribution >= 4 is 29.0 Å². The average Bonchev–Trinajstić information content (AvgIpc) is 2.89. The quantitative estimate of drug-likeness (QED) is 0.580. The number of nitrogens with one attached hydrogen (secondary N) is 2. The number of benzene rings is 2. The molecule has 1 saturated heterocycles. The first-order valence-electron chi connectivity index (χ1n) is 11.0. The number of rotatable bonds is 6. The summed E-state index contributed by atoms with van der Waals surface area (Å²) in [6.45, 7) is 1.45. The van der Waals surface area contributed by atoms with E-state index < -0.39 is 0 Å². The highest BCUT2D eigenvalue weighted by Crippen LogP contribution is 2.24. The topological polar surface area (TPSA) is 107 Å². The summed E-state index contributed by atoms with van der Waals surface area (Å²) in [6.07, 6.45) is 3.00. The molecule has 1 aromatic heterocycles. The van der Waals surface area contributed by atoms with Gasteiger partial charge < -0.3 is 20.3 Å². The molecule has 0 saturated carbocycles. The van der Waals surface area contributed by atoms with Gasteiger partial charge in [-0.15, -0.1) is 0 Å². The molecular weight excluding hydrogens is 430 g/mol. The molecule has 4 rings (SSSR count). The van der Waals surface area contributed by atoms with Crippen molar-refractivity contribution in [2.75, 3.05) is 35.7 Å². The van der Waals surface area contributed by atoms with Gasteiger partial charge in [0, 0.05) is 42.1 Å². The number of amides is 2. The number of carbonyl (C=O) groups is 2. The van der Waals surface area contributed by atoms with Gasteiger partial charge >= 0.3 is 0 Å². The van der Waals surface area contributed by atoms with Crippen LogP contribution in [0.15, 0.2) is 66.9 Å². The maximum Gasteiger partial charge on any atom is 0.255 e. The van der Waals surface area contributed by atoms with Crippen LogP contribution in [0.2, 0.25) is 0 Å². The largest absolute Gasteiger partial charge is 0.497 e. The van der Waals surface area contributed by atoms with Gasteiger partial charge in [0.25, 0.3) is 5.91 Å². The number of carbonyl (C=O) groups excluding carboxylic acids is 2. The SMILES string of the molecule is COc1ccc(NC(=O)c2ccc(NC(=O)C3CCN(c4ccc(C#N)cn4)CC3)cc2)cc1. The predicted molar refractivity (Wildman–Crippen MR) is 130 cm³/mol. The Labute approximate surface area is 198 Å². The maximum atomic E-state index is 12.7. The lowest BCUT2D eigenvalue weighted by Gasteiger charge is -2.32. The van der Waals surface area contributed by atoms with E-state index in [1.54, 1.807) is 67.9 Å².